The maximum atomic E-state index is 10.4. The average molecular weight is 306 g/mol. The summed E-state index contributed by atoms with van der Waals surface area (Å²) >= 11 is 6.15. The van der Waals surface area contributed by atoms with Crippen LogP contribution in [0.25, 0.3) is 0 Å². The lowest BCUT2D eigenvalue weighted by atomic mass is 9.96. The molecule has 1 aliphatic heterocycles. The molecule has 0 bridgehead atoms. The first-order valence-corrected chi connectivity index (χ1v) is 7.76. The molecular weight excluding hydrogens is 286 g/mol. The van der Waals surface area contributed by atoms with Crippen molar-refractivity contribution in [2.45, 2.75) is 24.9 Å². The third-order valence-electron chi connectivity index (χ3n) is 4.11. The van der Waals surface area contributed by atoms with Gasteiger partial charge in [0, 0.05) is 42.0 Å². The number of H-pyrrole nitrogens is 1. The predicted molar refractivity (Wildman–Crippen MR) is 83.4 cm³/mol. The molecule has 21 heavy (non-hydrogen) atoms. The number of nitrogens with one attached hydrogen (secondary N) is 1. The molecule has 1 aliphatic rings. The Morgan fingerprint density at radius 1 is 1.43 bits per heavy atom. The monoisotopic (exact) mass is 305 g/mol. The Bertz CT molecular complexity index is 573. The number of hydrogen-bond donors (Lipinski definition) is 2. The van der Waals surface area contributed by atoms with Crippen molar-refractivity contribution in [3.05, 3.63) is 53.1 Å². The predicted octanol–water partition coefficient (Wildman–Crippen LogP) is 2.98. The normalized spacial score (nSPS) is 21.3. The third-order valence-corrected chi connectivity index (χ3v) is 4.45. The summed E-state index contributed by atoms with van der Waals surface area (Å²) in [4.78, 5) is 9.86. The molecule has 1 saturated heterocycles. The number of benzene rings is 1. The zero-order valence-electron chi connectivity index (χ0n) is 11.9. The highest BCUT2D eigenvalue weighted by molar-refractivity contribution is 6.31. The third kappa shape index (κ3) is 3.46. The molecule has 1 fully saturated rings. The van der Waals surface area contributed by atoms with Crippen LogP contribution in [0.1, 0.15) is 36.3 Å². The van der Waals surface area contributed by atoms with Gasteiger partial charge >= 0.3 is 0 Å². The molecule has 2 atom stereocenters. The number of piperidine rings is 1. The topological polar surface area (TPSA) is 52.1 Å². The molecule has 0 amide bonds. The summed E-state index contributed by atoms with van der Waals surface area (Å²) in [5, 5.41) is 11.1. The SMILES string of the molecule is OC(CN1CCCC(c2ncc[nH]2)C1)c1ccccc1Cl. The van der Waals surface area contributed by atoms with Crippen LogP contribution in [0.15, 0.2) is 36.7 Å². The quantitative estimate of drug-likeness (QED) is 0.913. The van der Waals surface area contributed by atoms with E-state index in [1.165, 1.54) is 0 Å². The minimum Gasteiger partial charge on any atom is -0.387 e. The molecule has 0 spiro atoms. The van der Waals surface area contributed by atoms with Gasteiger partial charge in [-0.05, 0) is 25.5 Å². The second-order valence-electron chi connectivity index (χ2n) is 5.61. The van der Waals surface area contributed by atoms with Crippen LogP contribution in [0.3, 0.4) is 0 Å². The second kappa shape index (κ2) is 6.60. The van der Waals surface area contributed by atoms with Gasteiger partial charge in [-0.3, -0.25) is 4.90 Å². The number of β-amino-alcohol motifs (C(OH)–C–C–N with tert-alkyl or cyclic N) is 1. The van der Waals surface area contributed by atoms with Crippen molar-refractivity contribution in [3.8, 4) is 0 Å². The van der Waals surface area contributed by atoms with Crippen LogP contribution >= 0.6 is 11.6 Å². The number of likely N-dealkylation sites (tertiary alicyclic amines) is 1. The first-order valence-electron chi connectivity index (χ1n) is 7.38. The van der Waals surface area contributed by atoms with Gasteiger partial charge in [-0.1, -0.05) is 29.8 Å². The van der Waals surface area contributed by atoms with E-state index < -0.39 is 6.10 Å². The standard InChI is InChI=1S/C16H20ClN3O/c17-14-6-2-1-5-13(14)15(21)11-20-9-3-4-12(10-20)16-18-7-8-19-16/h1-2,5-8,12,15,21H,3-4,9-11H2,(H,18,19). The van der Waals surface area contributed by atoms with Crippen molar-refractivity contribution in [2.75, 3.05) is 19.6 Å². The number of imidazole rings is 1. The number of nitrogens with zero attached hydrogens (tertiary/aromatic N) is 2. The lowest BCUT2D eigenvalue weighted by Crippen LogP contribution is -2.37. The number of aromatic nitrogens is 2. The number of aliphatic hydroxyl groups excluding tert-OH is 1. The van der Waals surface area contributed by atoms with Crippen molar-refractivity contribution in [3.63, 3.8) is 0 Å². The van der Waals surface area contributed by atoms with Crippen molar-refractivity contribution in [2.24, 2.45) is 0 Å². The molecule has 1 aromatic carbocycles. The summed E-state index contributed by atoms with van der Waals surface area (Å²) in [6, 6.07) is 7.50. The van der Waals surface area contributed by atoms with E-state index in [0.29, 0.717) is 17.5 Å². The summed E-state index contributed by atoms with van der Waals surface area (Å²) in [5.41, 5.74) is 0.805. The molecule has 2 aromatic rings. The van der Waals surface area contributed by atoms with Gasteiger partial charge < -0.3 is 10.1 Å². The molecule has 0 saturated carbocycles. The number of aromatic amines is 1. The molecule has 5 heteroatoms. The highest BCUT2D eigenvalue weighted by atomic mass is 35.5. The van der Waals surface area contributed by atoms with Gasteiger partial charge in [0.05, 0.1) is 6.10 Å². The number of aliphatic hydroxyl groups is 1. The lowest BCUT2D eigenvalue weighted by molar-refractivity contribution is 0.0947. The zero-order chi connectivity index (χ0) is 14.7. The van der Waals surface area contributed by atoms with Crippen LogP contribution in [0.5, 0.6) is 0 Å². The van der Waals surface area contributed by atoms with Gasteiger partial charge in [-0.25, -0.2) is 4.98 Å². The number of hydrogen-bond acceptors (Lipinski definition) is 3. The molecule has 4 nitrogen and oxygen atoms in total. The number of halogens is 1. The molecule has 1 aromatic heterocycles. The summed E-state index contributed by atoms with van der Waals surface area (Å²) in [7, 11) is 0. The van der Waals surface area contributed by atoms with Gasteiger partial charge in [-0.2, -0.15) is 0 Å². The van der Waals surface area contributed by atoms with E-state index >= 15 is 0 Å². The van der Waals surface area contributed by atoms with Gasteiger partial charge in [0.1, 0.15) is 5.82 Å². The van der Waals surface area contributed by atoms with Crippen LogP contribution < -0.4 is 0 Å². The maximum Gasteiger partial charge on any atom is 0.110 e. The maximum absolute atomic E-state index is 10.4. The summed E-state index contributed by atoms with van der Waals surface area (Å²) in [6.45, 7) is 2.55. The van der Waals surface area contributed by atoms with Crippen molar-refractivity contribution in [1.82, 2.24) is 14.9 Å². The summed E-state index contributed by atoms with van der Waals surface area (Å²) < 4.78 is 0. The Labute approximate surface area is 129 Å². The fourth-order valence-corrected chi connectivity index (χ4v) is 3.30. The van der Waals surface area contributed by atoms with Crippen LogP contribution in [0.4, 0.5) is 0 Å². The second-order valence-corrected chi connectivity index (χ2v) is 6.02. The molecule has 0 radical (unpaired) electrons. The van der Waals surface area contributed by atoms with Gasteiger partial charge in [-0.15, -0.1) is 0 Å². The zero-order valence-corrected chi connectivity index (χ0v) is 12.6. The Balaban J connectivity index is 1.63. The van der Waals surface area contributed by atoms with Crippen molar-refractivity contribution in [1.29, 1.82) is 0 Å². The van der Waals surface area contributed by atoms with Crippen LogP contribution in [0.2, 0.25) is 5.02 Å². The molecule has 2 N–H and O–H groups in total. The minimum atomic E-state index is -0.547. The Morgan fingerprint density at radius 2 is 2.29 bits per heavy atom. The van der Waals surface area contributed by atoms with Crippen LogP contribution in [-0.4, -0.2) is 39.6 Å². The van der Waals surface area contributed by atoms with Gasteiger partial charge in [0.15, 0.2) is 0 Å². The fourth-order valence-electron chi connectivity index (χ4n) is 3.03. The van der Waals surface area contributed by atoms with Crippen molar-refractivity contribution < 1.29 is 5.11 Å². The minimum absolute atomic E-state index is 0.423. The van der Waals surface area contributed by atoms with E-state index in [9.17, 15) is 5.11 Å². The summed E-state index contributed by atoms with van der Waals surface area (Å²) in [5.74, 6) is 1.47. The highest BCUT2D eigenvalue weighted by Gasteiger charge is 2.25. The smallest absolute Gasteiger partial charge is 0.110 e. The fraction of sp³-hybridized carbons (Fsp3) is 0.438. The molecule has 3 rings (SSSR count). The van der Waals surface area contributed by atoms with E-state index in [-0.39, 0.29) is 0 Å². The van der Waals surface area contributed by atoms with Gasteiger partial charge in [0.25, 0.3) is 0 Å². The van der Waals surface area contributed by atoms with E-state index in [1.54, 1.807) is 6.20 Å². The Kier molecular flexibility index (Phi) is 4.58. The lowest BCUT2D eigenvalue weighted by Gasteiger charge is -2.33. The van der Waals surface area contributed by atoms with E-state index in [1.807, 2.05) is 30.5 Å². The average Bonchev–Trinajstić information content (AvgIpc) is 3.02. The highest BCUT2D eigenvalue weighted by Crippen LogP contribution is 2.28. The summed E-state index contributed by atoms with van der Waals surface area (Å²) in [6.07, 6.45) is 5.39. The Hall–Kier alpha value is -1.36. The van der Waals surface area contributed by atoms with Crippen LogP contribution in [-0.2, 0) is 0 Å². The molecule has 0 aliphatic carbocycles. The Morgan fingerprint density at radius 3 is 3.05 bits per heavy atom. The molecule has 112 valence electrons. The van der Waals surface area contributed by atoms with E-state index in [2.05, 4.69) is 14.9 Å². The van der Waals surface area contributed by atoms with Gasteiger partial charge in [0.2, 0.25) is 0 Å². The number of rotatable bonds is 4. The van der Waals surface area contributed by atoms with E-state index in [4.69, 9.17) is 11.6 Å². The first kappa shape index (κ1) is 14.6. The van der Waals surface area contributed by atoms with Crippen LogP contribution in [0, 0.1) is 0 Å². The molecule has 2 heterocycles. The van der Waals surface area contributed by atoms with E-state index in [0.717, 1.165) is 37.3 Å². The van der Waals surface area contributed by atoms with Crippen molar-refractivity contribution >= 4 is 11.6 Å². The molecule has 2 unspecified atom stereocenters. The first-order chi connectivity index (χ1) is 10.2. The molecular formula is C16H20ClN3O. The largest absolute Gasteiger partial charge is 0.387 e.